The minimum atomic E-state index is -1.70. The fourth-order valence-electron chi connectivity index (χ4n) is 1.05. The fourth-order valence-corrected chi connectivity index (χ4v) is 1.53. The van der Waals surface area contributed by atoms with Gasteiger partial charge in [-0.15, -0.1) is 0 Å². The second-order valence-corrected chi connectivity index (χ2v) is 5.21. The van der Waals surface area contributed by atoms with Gasteiger partial charge >= 0.3 is 0 Å². The van der Waals surface area contributed by atoms with Crippen LogP contribution in [0.4, 0.5) is 0 Å². The first-order chi connectivity index (χ1) is 4.36. The largest absolute Gasteiger partial charge is 0.306 e. The third-order valence-corrected chi connectivity index (χ3v) is 2.48. The Morgan fingerprint density at radius 1 is 1.50 bits per heavy atom. The first-order valence-corrected chi connectivity index (χ1v) is 4.58. The maximum atomic E-state index is 10.7. The summed E-state index contributed by atoms with van der Waals surface area (Å²) in [4.78, 5) is 0. The van der Waals surface area contributed by atoms with Gasteiger partial charge in [0.25, 0.3) is 0 Å². The van der Waals surface area contributed by atoms with Crippen LogP contribution >= 0.6 is 0 Å². The van der Waals surface area contributed by atoms with Crippen molar-refractivity contribution in [1.29, 1.82) is 0 Å². The minimum Gasteiger partial charge on any atom is -0.306 e. The Balaban J connectivity index is 4.00. The molecule has 0 saturated carbocycles. The summed E-state index contributed by atoms with van der Waals surface area (Å²) in [7, 11) is 0. The maximum absolute atomic E-state index is 10.7. The van der Waals surface area contributed by atoms with Crippen LogP contribution in [0.2, 0.25) is 0 Å². The summed E-state index contributed by atoms with van der Waals surface area (Å²) >= 11 is -1.70. The lowest BCUT2D eigenvalue weighted by Crippen LogP contribution is -2.27. The molecule has 0 aliphatic rings. The molecule has 62 valence electrons. The van der Waals surface area contributed by atoms with Crippen molar-refractivity contribution in [2.75, 3.05) is 0 Å². The van der Waals surface area contributed by atoms with Crippen molar-refractivity contribution in [1.82, 2.24) is 0 Å². The first-order valence-electron chi connectivity index (χ1n) is 3.47. The summed E-state index contributed by atoms with van der Waals surface area (Å²) in [5.41, 5.74) is 0. The van der Waals surface area contributed by atoms with Gasteiger partial charge in [-0.2, -0.15) is 0 Å². The monoisotopic (exact) mass is 164 g/mol. The molecular formula is C7H16O2S. The normalized spacial score (nSPS) is 15.8. The minimum absolute atomic E-state index is 0.450. The van der Waals surface area contributed by atoms with Gasteiger partial charge in [0.2, 0.25) is 0 Å². The standard InChI is InChI=1S/C7H16O2S/c1-6(2)5-7(3,4)10(8)9/h6H,5H2,1-4H3,(H,8,9). The summed E-state index contributed by atoms with van der Waals surface area (Å²) in [6.07, 6.45) is 0.788. The molecule has 0 spiro atoms. The van der Waals surface area contributed by atoms with Crippen LogP contribution < -0.4 is 0 Å². The Morgan fingerprint density at radius 3 is 2.00 bits per heavy atom. The topological polar surface area (TPSA) is 37.3 Å². The average molecular weight is 164 g/mol. The molecule has 0 aromatic rings. The van der Waals surface area contributed by atoms with Crippen LogP contribution in [-0.2, 0) is 11.1 Å². The molecule has 2 nitrogen and oxygen atoms in total. The van der Waals surface area contributed by atoms with E-state index in [1.807, 2.05) is 13.8 Å². The van der Waals surface area contributed by atoms with E-state index < -0.39 is 15.8 Å². The van der Waals surface area contributed by atoms with Crippen molar-refractivity contribution in [3.05, 3.63) is 0 Å². The van der Waals surface area contributed by atoms with E-state index in [1.165, 1.54) is 0 Å². The van der Waals surface area contributed by atoms with Crippen molar-refractivity contribution >= 4 is 11.1 Å². The molecule has 0 radical (unpaired) electrons. The Labute approximate surface area is 65.3 Å². The van der Waals surface area contributed by atoms with Crippen LogP contribution in [0.5, 0.6) is 0 Å². The molecule has 1 atom stereocenters. The van der Waals surface area contributed by atoms with Crippen LogP contribution in [0.25, 0.3) is 0 Å². The summed E-state index contributed by atoms with van der Waals surface area (Å²) < 4.78 is 19.0. The first kappa shape index (κ1) is 10.1. The highest BCUT2D eigenvalue weighted by molar-refractivity contribution is 7.80. The van der Waals surface area contributed by atoms with E-state index >= 15 is 0 Å². The molecule has 0 heterocycles. The number of rotatable bonds is 3. The Hall–Kier alpha value is 0.110. The average Bonchev–Trinajstić information content (AvgIpc) is 1.60. The molecule has 0 aliphatic heterocycles. The van der Waals surface area contributed by atoms with Gasteiger partial charge in [-0.05, 0) is 26.2 Å². The summed E-state index contributed by atoms with van der Waals surface area (Å²) in [6.45, 7) is 7.72. The van der Waals surface area contributed by atoms with Gasteiger partial charge in [-0.25, -0.2) is 4.21 Å². The quantitative estimate of drug-likeness (QED) is 0.648. The molecule has 3 heteroatoms. The molecule has 0 aromatic heterocycles. The lowest BCUT2D eigenvalue weighted by atomic mass is 10.0. The molecule has 0 fully saturated rings. The van der Waals surface area contributed by atoms with Crippen LogP contribution in [0.15, 0.2) is 0 Å². The molecule has 10 heavy (non-hydrogen) atoms. The van der Waals surface area contributed by atoms with Gasteiger partial charge in [0.1, 0.15) is 0 Å². The van der Waals surface area contributed by atoms with Gasteiger partial charge < -0.3 is 4.55 Å². The third kappa shape index (κ3) is 3.32. The summed E-state index contributed by atoms with van der Waals surface area (Å²) in [5, 5.41) is 0. The molecule has 0 aliphatic carbocycles. The highest BCUT2D eigenvalue weighted by Gasteiger charge is 2.25. The van der Waals surface area contributed by atoms with Crippen molar-refractivity contribution in [2.45, 2.75) is 38.9 Å². The zero-order chi connectivity index (χ0) is 8.36. The highest BCUT2D eigenvalue weighted by Crippen LogP contribution is 2.20. The van der Waals surface area contributed by atoms with Gasteiger partial charge in [-0.3, -0.25) is 0 Å². The Morgan fingerprint density at radius 2 is 1.90 bits per heavy atom. The second-order valence-electron chi connectivity index (χ2n) is 3.61. The fraction of sp³-hybridized carbons (Fsp3) is 1.00. The van der Waals surface area contributed by atoms with Crippen LogP contribution in [0.1, 0.15) is 34.1 Å². The molecule has 1 N–H and O–H groups in total. The molecule has 0 aromatic carbocycles. The molecule has 0 rings (SSSR count). The lowest BCUT2D eigenvalue weighted by Gasteiger charge is -2.21. The molecule has 0 saturated heterocycles. The second kappa shape index (κ2) is 3.49. The van der Waals surface area contributed by atoms with Crippen LogP contribution in [0, 0.1) is 5.92 Å². The molecule has 0 bridgehead atoms. The maximum Gasteiger partial charge on any atom is 0.158 e. The van der Waals surface area contributed by atoms with E-state index in [1.54, 1.807) is 0 Å². The smallest absolute Gasteiger partial charge is 0.158 e. The molecule has 1 unspecified atom stereocenters. The highest BCUT2D eigenvalue weighted by atomic mass is 32.2. The van der Waals surface area contributed by atoms with E-state index in [4.69, 9.17) is 4.55 Å². The number of hydrogen-bond acceptors (Lipinski definition) is 1. The molecular weight excluding hydrogens is 148 g/mol. The Bertz CT molecular complexity index is 130. The zero-order valence-electron chi connectivity index (χ0n) is 7.05. The zero-order valence-corrected chi connectivity index (χ0v) is 7.86. The molecule has 0 amide bonds. The van der Waals surface area contributed by atoms with Gasteiger partial charge in [-0.1, -0.05) is 13.8 Å². The van der Waals surface area contributed by atoms with E-state index in [9.17, 15) is 4.21 Å². The SMILES string of the molecule is CC(C)CC(C)(C)S(=O)O. The third-order valence-electron chi connectivity index (χ3n) is 1.37. The van der Waals surface area contributed by atoms with Gasteiger partial charge in [0.15, 0.2) is 11.1 Å². The van der Waals surface area contributed by atoms with E-state index in [0.717, 1.165) is 6.42 Å². The van der Waals surface area contributed by atoms with E-state index in [-0.39, 0.29) is 0 Å². The van der Waals surface area contributed by atoms with E-state index in [0.29, 0.717) is 5.92 Å². The van der Waals surface area contributed by atoms with Crippen molar-refractivity contribution in [3.63, 3.8) is 0 Å². The van der Waals surface area contributed by atoms with Crippen molar-refractivity contribution < 1.29 is 8.76 Å². The summed E-state index contributed by atoms with van der Waals surface area (Å²) in [5.74, 6) is 0.478. The lowest BCUT2D eigenvalue weighted by molar-refractivity contribution is 0.450. The van der Waals surface area contributed by atoms with E-state index in [2.05, 4.69) is 13.8 Å². The number of hydrogen-bond donors (Lipinski definition) is 1. The van der Waals surface area contributed by atoms with Gasteiger partial charge in [0, 0.05) is 0 Å². The Kier molecular flexibility index (Phi) is 3.52. The summed E-state index contributed by atoms with van der Waals surface area (Å²) in [6, 6.07) is 0. The van der Waals surface area contributed by atoms with Crippen LogP contribution in [-0.4, -0.2) is 13.5 Å². The predicted molar refractivity (Wildman–Crippen MR) is 44.3 cm³/mol. The van der Waals surface area contributed by atoms with Gasteiger partial charge in [0.05, 0.1) is 4.75 Å². The predicted octanol–water partition coefficient (Wildman–Crippen LogP) is 2.03. The van der Waals surface area contributed by atoms with Crippen LogP contribution in [0.3, 0.4) is 0 Å². The van der Waals surface area contributed by atoms with Crippen molar-refractivity contribution in [2.24, 2.45) is 5.92 Å². The van der Waals surface area contributed by atoms with Crippen molar-refractivity contribution in [3.8, 4) is 0 Å².